The number of aromatic nitrogens is 1. The summed E-state index contributed by atoms with van der Waals surface area (Å²) >= 11 is 0. The van der Waals surface area contributed by atoms with Gasteiger partial charge in [-0.3, -0.25) is 14.9 Å². The molecule has 0 bridgehead atoms. The fourth-order valence-corrected chi connectivity index (χ4v) is 1.93. The number of nitro benzene ring substituents is 1. The van der Waals surface area contributed by atoms with Crippen molar-refractivity contribution in [1.29, 1.82) is 0 Å². The number of non-ortho nitro benzene ring substituents is 1. The summed E-state index contributed by atoms with van der Waals surface area (Å²) in [6.07, 6.45) is 3.68. The standard InChI is InChI=1S/C14H14FN3O3/c1-10-8-11(18(20)21)9-12(13(10)15)14(19)16-4-7-17-5-2-3-6-17/h2-3,5-6,8-9H,4,7H2,1H3,(H,16,19). The van der Waals surface area contributed by atoms with Crippen LogP contribution in [0.3, 0.4) is 0 Å². The number of nitrogens with one attached hydrogen (secondary N) is 1. The zero-order valence-corrected chi connectivity index (χ0v) is 11.4. The van der Waals surface area contributed by atoms with E-state index in [9.17, 15) is 19.3 Å². The third-order valence-electron chi connectivity index (χ3n) is 3.02. The first kappa shape index (κ1) is 14.7. The molecule has 2 rings (SSSR count). The molecule has 7 heteroatoms. The lowest BCUT2D eigenvalue weighted by atomic mass is 10.1. The minimum atomic E-state index is -0.737. The Labute approximate surface area is 120 Å². The van der Waals surface area contributed by atoms with Crippen LogP contribution in [-0.4, -0.2) is 21.9 Å². The third-order valence-corrected chi connectivity index (χ3v) is 3.02. The fraction of sp³-hybridized carbons (Fsp3) is 0.214. The fourth-order valence-electron chi connectivity index (χ4n) is 1.93. The molecule has 1 N–H and O–H groups in total. The number of aryl methyl sites for hydroxylation is 1. The minimum absolute atomic E-state index is 0.0692. The monoisotopic (exact) mass is 291 g/mol. The van der Waals surface area contributed by atoms with E-state index >= 15 is 0 Å². The zero-order chi connectivity index (χ0) is 15.4. The highest BCUT2D eigenvalue weighted by molar-refractivity contribution is 5.95. The second-order valence-corrected chi connectivity index (χ2v) is 4.56. The van der Waals surface area contributed by atoms with Gasteiger partial charge in [0, 0.05) is 37.6 Å². The van der Waals surface area contributed by atoms with Crippen LogP contribution < -0.4 is 5.32 Å². The van der Waals surface area contributed by atoms with Gasteiger partial charge in [0.1, 0.15) is 5.82 Å². The third kappa shape index (κ3) is 3.44. The molecule has 1 aromatic heterocycles. The van der Waals surface area contributed by atoms with E-state index < -0.39 is 16.6 Å². The van der Waals surface area contributed by atoms with Gasteiger partial charge in [0.25, 0.3) is 11.6 Å². The Morgan fingerprint density at radius 1 is 1.38 bits per heavy atom. The van der Waals surface area contributed by atoms with Gasteiger partial charge in [-0.2, -0.15) is 0 Å². The summed E-state index contributed by atoms with van der Waals surface area (Å²) < 4.78 is 15.8. The summed E-state index contributed by atoms with van der Waals surface area (Å²) in [4.78, 5) is 22.0. The van der Waals surface area contributed by atoms with Crippen LogP contribution in [0.5, 0.6) is 0 Å². The van der Waals surface area contributed by atoms with Gasteiger partial charge in [-0.1, -0.05) is 0 Å². The van der Waals surface area contributed by atoms with Crippen molar-refractivity contribution in [2.45, 2.75) is 13.5 Å². The largest absolute Gasteiger partial charge is 0.353 e. The van der Waals surface area contributed by atoms with Crippen molar-refractivity contribution in [3.05, 3.63) is 63.7 Å². The van der Waals surface area contributed by atoms with Gasteiger partial charge in [0.2, 0.25) is 0 Å². The molecule has 0 fully saturated rings. The number of carbonyl (C=O) groups is 1. The van der Waals surface area contributed by atoms with Gasteiger partial charge in [-0.25, -0.2) is 4.39 Å². The summed E-state index contributed by atoms with van der Waals surface area (Å²) in [5.41, 5.74) is -0.543. The van der Waals surface area contributed by atoms with Crippen LogP contribution in [0.25, 0.3) is 0 Å². The summed E-state index contributed by atoms with van der Waals surface area (Å²) in [5, 5.41) is 13.3. The van der Waals surface area contributed by atoms with Crippen molar-refractivity contribution in [1.82, 2.24) is 9.88 Å². The Morgan fingerprint density at radius 2 is 2.05 bits per heavy atom. The van der Waals surface area contributed by atoms with Crippen LogP contribution in [0.1, 0.15) is 15.9 Å². The van der Waals surface area contributed by atoms with Crippen molar-refractivity contribution in [2.75, 3.05) is 6.54 Å². The molecule has 2 aromatic rings. The topological polar surface area (TPSA) is 77.2 Å². The lowest BCUT2D eigenvalue weighted by Crippen LogP contribution is -2.28. The van der Waals surface area contributed by atoms with E-state index in [1.165, 1.54) is 6.92 Å². The van der Waals surface area contributed by atoms with Gasteiger partial charge < -0.3 is 9.88 Å². The van der Waals surface area contributed by atoms with Gasteiger partial charge in [0.15, 0.2) is 0 Å². The molecule has 0 atom stereocenters. The summed E-state index contributed by atoms with van der Waals surface area (Å²) in [6, 6.07) is 5.76. The number of amides is 1. The number of halogens is 1. The quantitative estimate of drug-likeness (QED) is 0.678. The Kier molecular flexibility index (Phi) is 4.32. The molecule has 0 radical (unpaired) electrons. The smallest absolute Gasteiger partial charge is 0.270 e. The van der Waals surface area contributed by atoms with E-state index in [1.54, 1.807) is 0 Å². The molecule has 0 unspecified atom stereocenters. The lowest BCUT2D eigenvalue weighted by molar-refractivity contribution is -0.385. The van der Waals surface area contributed by atoms with Crippen LogP contribution in [0, 0.1) is 22.9 Å². The number of carbonyl (C=O) groups excluding carboxylic acids is 1. The van der Waals surface area contributed by atoms with Gasteiger partial charge in [-0.15, -0.1) is 0 Å². The first-order valence-corrected chi connectivity index (χ1v) is 6.32. The Morgan fingerprint density at radius 3 is 2.67 bits per heavy atom. The van der Waals surface area contributed by atoms with Crippen molar-refractivity contribution in [3.8, 4) is 0 Å². The molecule has 0 aliphatic carbocycles. The Bertz CT molecular complexity index is 668. The predicted octanol–water partition coefficient (Wildman–Crippen LogP) is 2.27. The second-order valence-electron chi connectivity index (χ2n) is 4.56. The molecular weight excluding hydrogens is 277 g/mol. The molecule has 0 aliphatic heterocycles. The van der Waals surface area contributed by atoms with Crippen molar-refractivity contribution in [3.63, 3.8) is 0 Å². The van der Waals surface area contributed by atoms with E-state index in [-0.39, 0.29) is 16.8 Å². The highest BCUT2D eigenvalue weighted by Gasteiger charge is 2.19. The number of nitro groups is 1. The van der Waals surface area contributed by atoms with Gasteiger partial charge in [0.05, 0.1) is 10.5 Å². The highest BCUT2D eigenvalue weighted by Crippen LogP contribution is 2.20. The Hall–Kier alpha value is -2.70. The van der Waals surface area contributed by atoms with Gasteiger partial charge in [-0.05, 0) is 24.6 Å². The molecule has 1 heterocycles. The maximum Gasteiger partial charge on any atom is 0.270 e. The van der Waals surface area contributed by atoms with Gasteiger partial charge >= 0.3 is 0 Å². The van der Waals surface area contributed by atoms with Crippen molar-refractivity contribution < 1.29 is 14.1 Å². The maximum atomic E-state index is 13.9. The van der Waals surface area contributed by atoms with E-state index in [0.717, 1.165) is 12.1 Å². The first-order valence-electron chi connectivity index (χ1n) is 6.32. The number of hydrogen-bond donors (Lipinski definition) is 1. The molecule has 1 aromatic carbocycles. The normalized spacial score (nSPS) is 10.4. The SMILES string of the molecule is Cc1cc([N+](=O)[O-])cc(C(=O)NCCn2cccc2)c1F. The number of benzene rings is 1. The molecule has 6 nitrogen and oxygen atoms in total. The average Bonchev–Trinajstić information content (AvgIpc) is 2.94. The number of rotatable bonds is 5. The van der Waals surface area contributed by atoms with Crippen LogP contribution in [0.4, 0.5) is 10.1 Å². The molecule has 0 spiro atoms. The van der Waals surface area contributed by atoms with E-state index in [2.05, 4.69) is 5.32 Å². The number of nitrogens with zero attached hydrogens (tertiary/aromatic N) is 2. The highest BCUT2D eigenvalue weighted by atomic mass is 19.1. The molecule has 1 amide bonds. The minimum Gasteiger partial charge on any atom is -0.353 e. The van der Waals surface area contributed by atoms with E-state index in [4.69, 9.17) is 0 Å². The van der Waals surface area contributed by atoms with Crippen LogP contribution in [0.15, 0.2) is 36.7 Å². The molecule has 0 saturated carbocycles. The average molecular weight is 291 g/mol. The number of hydrogen-bond acceptors (Lipinski definition) is 3. The van der Waals surface area contributed by atoms with Crippen molar-refractivity contribution in [2.24, 2.45) is 0 Å². The lowest BCUT2D eigenvalue weighted by Gasteiger charge is -2.08. The summed E-state index contributed by atoms with van der Waals surface area (Å²) in [6.45, 7) is 2.22. The molecule has 0 aliphatic rings. The zero-order valence-electron chi connectivity index (χ0n) is 11.4. The van der Waals surface area contributed by atoms with Crippen LogP contribution in [-0.2, 0) is 6.54 Å². The van der Waals surface area contributed by atoms with Crippen LogP contribution >= 0.6 is 0 Å². The molecule has 0 saturated heterocycles. The van der Waals surface area contributed by atoms with E-state index in [0.29, 0.717) is 13.1 Å². The predicted molar refractivity (Wildman–Crippen MR) is 74.6 cm³/mol. The Balaban J connectivity index is 2.09. The first-order chi connectivity index (χ1) is 9.99. The van der Waals surface area contributed by atoms with Crippen molar-refractivity contribution >= 4 is 11.6 Å². The van der Waals surface area contributed by atoms with Crippen LogP contribution in [0.2, 0.25) is 0 Å². The molecular formula is C14H14FN3O3. The summed E-state index contributed by atoms with van der Waals surface area (Å²) in [5.74, 6) is -1.40. The molecule has 21 heavy (non-hydrogen) atoms. The second kappa shape index (κ2) is 6.17. The summed E-state index contributed by atoms with van der Waals surface area (Å²) in [7, 11) is 0. The van der Waals surface area contributed by atoms with E-state index in [1.807, 2.05) is 29.1 Å². The maximum absolute atomic E-state index is 13.9. The molecule has 110 valence electrons.